The van der Waals surface area contributed by atoms with Crippen LogP contribution < -0.4 is 5.32 Å². The van der Waals surface area contributed by atoms with Crippen LogP contribution in [0.5, 0.6) is 0 Å². The van der Waals surface area contributed by atoms with Crippen molar-refractivity contribution in [3.8, 4) is 0 Å². The molecule has 104 valence electrons. The Balaban J connectivity index is 1.76. The number of hydrogen-bond acceptors (Lipinski definition) is 2. The highest BCUT2D eigenvalue weighted by atomic mass is 16.2. The minimum atomic E-state index is 0.399. The first-order valence-electron chi connectivity index (χ1n) is 7.81. The summed E-state index contributed by atoms with van der Waals surface area (Å²) in [6.45, 7) is 5.28. The molecule has 0 aromatic carbocycles. The van der Waals surface area contributed by atoms with Gasteiger partial charge >= 0.3 is 0 Å². The Kier molecular flexibility index (Phi) is 5.48. The molecule has 1 aliphatic heterocycles. The molecule has 18 heavy (non-hydrogen) atoms. The van der Waals surface area contributed by atoms with Crippen molar-refractivity contribution in [3.05, 3.63) is 0 Å². The molecule has 0 spiro atoms. The maximum Gasteiger partial charge on any atom is 0.222 e. The summed E-state index contributed by atoms with van der Waals surface area (Å²) in [4.78, 5) is 14.5. The van der Waals surface area contributed by atoms with Gasteiger partial charge in [-0.15, -0.1) is 0 Å². The second-order valence-corrected chi connectivity index (χ2v) is 5.87. The van der Waals surface area contributed by atoms with Crippen LogP contribution in [0.25, 0.3) is 0 Å². The summed E-state index contributed by atoms with van der Waals surface area (Å²) < 4.78 is 0. The van der Waals surface area contributed by atoms with Crippen LogP contribution in [0.2, 0.25) is 0 Å². The standard InChI is InChI=1S/C15H28N2O/c1-2-17(14-6-4-3-5-7-14)15(18)9-8-13-10-11-16-12-13/h13-14,16H,2-12H2,1H3. The van der Waals surface area contributed by atoms with Gasteiger partial charge in [-0.05, 0) is 51.6 Å². The third-order valence-corrected chi connectivity index (χ3v) is 4.61. The average molecular weight is 252 g/mol. The molecular weight excluding hydrogens is 224 g/mol. The number of nitrogens with one attached hydrogen (secondary N) is 1. The third-order valence-electron chi connectivity index (χ3n) is 4.61. The average Bonchev–Trinajstić information content (AvgIpc) is 2.92. The molecule has 1 amide bonds. The molecule has 0 aromatic heterocycles. The van der Waals surface area contributed by atoms with Gasteiger partial charge in [0, 0.05) is 19.0 Å². The third kappa shape index (κ3) is 3.71. The summed E-state index contributed by atoms with van der Waals surface area (Å²) in [5.41, 5.74) is 0. The van der Waals surface area contributed by atoms with E-state index < -0.39 is 0 Å². The van der Waals surface area contributed by atoms with Crippen LogP contribution in [0.4, 0.5) is 0 Å². The second-order valence-electron chi connectivity index (χ2n) is 5.87. The number of rotatable bonds is 5. The van der Waals surface area contributed by atoms with Gasteiger partial charge in [0.25, 0.3) is 0 Å². The SMILES string of the molecule is CCN(C(=O)CCC1CCNC1)C1CCCCC1. The monoisotopic (exact) mass is 252 g/mol. The molecule has 3 nitrogen and oxygen atoms in total. The van der Waals surface area contributed by atoms with Crippen molar-refractivity contribution < 1.29 is 4.79 Å². The molecule has 2 fully saturated rings. The summed E-state index contributed by atoms with van der Waals surface area (Å²) >= 11 is 0. The topological polar surface area (TPSA) is 32.3 Å². The number of amides is 1. The van der Waals surface area contributed by atoms with E-state index in [4.69, 9.17) is 0 Å². The normalized spacial score (nSPS) is 25.3. The van der Waals surface area contributed by atoms with Crippen molar-refractivity contribution in [2.75, 3.05) is 19.6 Å². The zero-order valence-electron chi connectivity index (χ0n) is 11.8. The van der Waals surface area contributed by atoms with Crippen LogP contribution >= 0.6 is 0 Å². The van der Waals surface area contributed by atoms with E-state index in [1.54, 1.807) is 0 Å². The summed E-state index contributed by atoms with van der Waals surface area (Å²) in [5, 5.41) is 3.38. The molecule has 0 aromatic rings. The van der Waals surface area contributed by atoms with Crippen molar-refractivity contribution in [3.63, 3.8) is 0 Å². The lowest BCUT2D eigenvalue weighted by molar-refractivity contribution is -0.134. The zero-order valence-corrected chi connectivity index (χ0v) is 11.8. The highest BCUT2D eigenvalue weighted by Crippen LogP contribution is 2.24. The van der Waals surface area contributed by atoms with E-state index in [1.807, 2.05) is 0 Å². The van der Waals surface area contributed by atoms with Crippen molar-refractivity contribution in [1.29, 1.82) is 0 Å². The molecule has 1 aliphatic carbocycles. The van der Waals surface area contributed by atoms with Gasteiger partial charge in [0.05, 0.1) is 0 Å². The van der Waals surface area contributed by atoms with Gasteiger partial charge in [-0.25, -0.2) is 0 Å². The number of hydrogen-bond donors (Lipinski definition) is 1. The van der Waals surface area contributed by atoms with Gasteiger partial charge in [-0.1, -0.05) is 19.3 Å². The van der Waals surface area contributed by atoms with E-state index in [1.165, 1.54) is 38.5 Å². The van der Waals surface area contributed by atoms with Crippen molar-refractivity contribution >= 4 is 5.91 Å². The fourth-order valence-corrected chi connectivity index (χ4v) is 3.46. The smallest absolute Gasteiger partial charge is 0.222 e. The number of carbonyl (C=O) groups is 1. The molecule has 1 saturated carbocycles. The molecule has 1 heterocycles. The molecular formula is C15H28N2O. The molecule has 1 N–H and O–H groups in total. The van der Waals surface area contributed by atoms with E-state index in [-0.39, 0.29) is 0 Å². The van der Waals surface area contributed by atoms with Crippen molar-refractivity contribution in [2.45, 2.75) is 64.3 Å². The highest BCUT2D eigenvalue weighted by Gasteiger charge is 2.24. The lowest BCUT2D eigenvalue weighted by Gasteiger charge is -2.34. The second kappa shape index (κ2) is 7.13. The van der Waals surface area contributed by atoms with Crippen molar-refractivity contribution in [2.24, 2.45) is 5.92 Å². The molecule has 0 radical (unpaired) electrons. The van der Waals surface area contributed by atoms with E-state index >= 15 is 0 Å². The van der Waals surface area contributed by atoms with E-state index in [0.29, 0.717) is 11.9 Å². The summed E-state index contributed by atoms with van der Waals surface area (Å²) in [6.07, 6.45) is 9.52. The summed E-state index contributed by atoms with van der Waals surface area (Å²) in [7, 11) is 0. The minimum Gasteiger partial charge on any atom is -0.340 e. The Bertz CT molecular complexity index is 255. The van der Waals surface area contributed by atoms with Crippen molar-refractivity contribution in [1.82, 2.24) is 10.2 Å². The number of nitrogens with zero attached hydrogens (tertiary/aromatic N) is 1. The molecule has 2 rings (SSSR count). The highest BCUT2D eigenvalue weighted by molar-refractivity contribution is 5.76. The van der Waals surface area contributed by atoms with Gasteiger partial charge in [0.1, 0.15) is 0 Å². The zero-order chi connectivity index (χ0) is 12.8. The maximum atomic E-state index is 12.3. The minimum absolute atomic E-state index is 0.399. The van der Waals surface area contributed by atoms with Gasteiger partial charge in [0.2, 0.25) is 5.91 Å². The Morgan fingerprint density at radius 3 is 2.61 bits per heavy atom. The summed E-state index contributed by atoms with van der Waals surface area (Å²) in [5.74, 6) is 1.13. The molecule has 3 heteroatoms. The maximum absolute atomic E-state index is 12.3. The quantitative estimate of drug-likeness (QED) is 0.815. The van der Waals surface area contributed by atoms with Crippen LogP contribution in [-0.2, 0) is 4.79 Å². The van der Waals surface area contributed by atoms with Crippen LogP contribution in [-0.4, -0.2) is 36.5 Å². The largest absolute Gasteiger partial charge is 0.340 e. The van der Waals surface area contributed by atoms with Gasteiger partial charge in [-0.3, -0.25) is 4.79 Å². The summed E-state index contributed by atoms with van der Waals surface area (Å²) in [6, 6.07) is 0.540. The lowest BCUT2D eigenvalue weighted by Crippen LogP contribution is -2.41. The predicted molar refractivity (Wildman–Crippen MR) is 74.5 cm³/mol. The fourth-order valence-electron chi connectivity index (χ4n) is 3.46. The fraction of sp³-hybridized carbons (Fsp3) is 0.933. The van der Waals surface area contributed by atoms with Gasteiger partial charge < -0.3 is 10.2 Å². The Labute approximate surface area is 111 Å². The van der Waals surface area contributed by atoms with Gasteiger partial charge in [-0.2, -0.15) is 0 Å². The van der Waals surface area contributed by atoms with Crippen LogP contribution in [0.3, 0.4) is 0 Å². The molecule has 1 unspecified atom stereocenters. The first-order chi connectivity index (χ1) is 8.81. The van der Waals surface area contributed by atoms with E-state index in [0.717, 1.165) is 38.4 Å². The first-order valence-corrected chi connectivity index (χ1v) is 7.81. The first kappa shape index (κ1) is 13.9. The molecule has 1 atom stereocenters. The Morgan fingerprint density at radius 1 is 1.22 bits per heavy atom. The lowest BCUT2D eigenvalue weighted by atomic mass is 9.93. The Hall–Kier alpha value is -0.570. The van der Waals surface area contributed by atoms with E-state index in [2.05, 4.69) is 17.1 Å². The Morgan fingerprint density at radius 2 is 2.00 bits per heavy atom. The van der Waals surface area contributed by atoms with E-state index in [9.17, 15) is 4.79 Å². The predicted octanol–water partition coefficient (Wildman–Crippen LogP) is 2.56. The number of carbonyl (C=O) groups excluding carboxylic acids is 1. The molecule has 2 aliphatic rings. The van der Waals surface area contributed by atoms with Crippen LogP contribution in [0.15, 0.2) is 0 Å². The van der Waals surface area contributed by atoms with Crippen LogP contribution in [0, 0.1) is 5.92 Å². The van der Waals surface area contributed by atoms with Crippen LogP contribution in [0.1, 0.15) is 58.3 Å². The van der Waals surface area contributed by atoms with Gasteiger partial charge in [0.15, 0.2) is 0 Å². The molecule has 0 bridgehead atoms. The molecule has 1 saturated heterocycles.